The van der Waals surface area contributed by atoms with Gasteiger partial charge in [-0.2, -0.15) is 0 Å². The molecule has 0 saturated heterocycles. The molecule has 0 bridgehead atoms. The van der Waals surface area contributed by atoms with Crippen molar-refractivity contribution in [3.05, 3.63) is 28.2 Å². The Morgan fingerprint density at radius 1 is 1.55 bits per heavy atom. The average Bonchev–Trinajstić information content (AvgIpc) is 2.77. The van der Waals surface area contributed by atoms with Crippen LogP contribution < -0.4 is 10.6 Å². The van der Waals surface area contributed by atoms with Crippen LogP contribution in [0, 0.1) is 12.3 Å². The van der Waals surface area contributed by atoms with E-state index in [2.05, 4.69) is 26.6 Å². The summed E-state index contributed by atoms with van der Waals surface area (Å²) in [7, 11) is 0. The van der Waals surface area contributed by atoms with E-state index in [1.54, 1.807) is 0 Å². The van der Waals surface area contributed by atoms with E-state index in [0.717, 1.165) is 35.0 Å². The quantitative estimate of drug-likeness (QED) is 0.789. The van der Waals surface area contributed by atoms with Gasteiger partial charge in [-0.1, -0.05) is 35.3 Å². The van der Waals surface area contributed by atoms with Crippen LogP contribution in [0.3, 0.4) is 0 Å². The fourth-order valence-electron chi connectivity index (χ4n) is 2.73. The zero-order valence-corrected chi connectivity index (χ0v) is 13.5. The molecule has 1 aliphatic carbocycles. The Labute approximate surface area is 128 Å². The molecule has 5 heteroatoms. The van der Waals surface area contributed by atoms with Crippen molar-refractivity contribution in [2.45, 2.75) is 39.2 Å². The molecule has 1 saturated carbocycles. The maximum Gasteiger partial charge on any atom is 0.319 e. The van der Waals surface area contributed by atoms with Crippen LogP contribution in [0.2, 0.25) is 0 Å². The van der Waals surface area contributed by atoms with Gasteiger partial charge in [0.15, 0.2) is 0 Å². The van der Waals surface area contributed by atoms with Crippen molar-refractivity contribution in [2.75, 3.05) is 11.9 Å². The standard InChI is InChI=1S/C15H21BrN2O2/c1-10-11(16)5-3-6-12(10)17-14(20)18-13-7-4-8-15(13,2)9-19/h3,5-6,13,19H,4,7-9H2,1-2H3,(H2,17,18,20). The fraction of sp³-hybridized carbons (Fsp3) is 0.533. The number of halogens is 1. The van der Waals surface area contributed by atoms with Crippen LogP contribution in [-0.2, 0) is 0 Å². The monoisotopic (exact) mass is 340 g/mol. The number of nitrogens with one attached hydrogen (secondary N) is 2. The van der Waals surface area contributed by atoms with Gasteiger partial charge in [-0.3, -0.25) is 0 Å². The summed E-state index contributed by atoms with van der Waals surface area (Å²) in [5.41, 5.74) is 1.59. The molecule has 110 valence electrons. The second kappa shape index (κ2) is 6.14. The third-order valence-electron chi connectivity index (χ3n) is 4.26. The van der Waals surface area contributed by atoms with Gasteiger partial charge in [-0.05, 0) is 37.5 Å². The number of hydrogen-bond acceptors (Lipinski definition) is 2. The van der Waals surface area contributed by atoms with Crippen LogP contribution in [0.15, 0.2) is 22.7 Å². The summed E-state index contributed by atoms with van der Waals surface area (Å²) in [6.07, 6.45) is 2.91. The van der Waals surface area contributed by atoms with E-state index < -0.39 is 0 Å². The Balaban J connectivity index is 2.01. The highest BCUT2D eigenvalue weighted by atomic mass is 79.9. The van der Waals surface area contributed by atoms with Crippen LogP contribution >= 0.6 is 15.9 Å². The fourth-order valence-corrected chi connectivity index (χ4v) is 3.09. The molecular formula is C15H21BrN2O2. The summed E-state index contributed by atoms with van der Waals surface area (Å²) in [5.74, 6) is 0. The van der Waals surface area contributed by atoms with Crippen LogP contribution in [0.4, 0.5) is 10.5 Å². The van der Waals surface area contributed by atoms with Crippen molar-refractivity contribution in [1.82, 2.24) is 5.32 Å². The zero-order valence-electron chi connectivity index (χ0n) is 11.9. The second-order valence-electron chi connectivity index (χ2n) is 5.77. The maximum atomic E-state index is 12.1. The zero-order chi connectivity index (χ0) is 14.8. The van der Waals surface area contributed by atoms with Crippen molar-refractivity contribution in [1.29, 1.82) is 0 Å². The number of benzene rings is 1. The van der Waals surface area contributed by atoms with Gasteiger partial charge in [0.2, 0.25) is 0 Å². The topological polar surface area (TPSA) is 61.4 Å². The summed E-state index contributed by atoms with van der Waals surface area (Å²) >= 11 is 3.45. The largest absolute Gasteiger partial charge is 0.396 e. The summed E-state index contributed by atoms with van der Waals surface area (Å²) < 4.78 is 0.969. The number of aliphatic hydroxyl groups excluding tert-OH is 1. The minimum Gasteiger partial charge on any atom is -0.396 e. The third-order valence-corrected chi connectivity index (χ3v) is 5.12. The van der Waals surface area contributed by atoms with E-state index in [9.17, 15) is 9.90 Å². The number of rotatable bonds is 3. The average molecular weight is 341 g/mol. The Morgan fingerprint density at radius 2 is 2.30 bits per heavy atom. The van der Waals surface area contributed by atoms with Gasteiger partial charge in [-0.25, -0.2) is 4.79 Å². The van der Waals surface area contributed by atoms with Crippen molar-refractivity contribution in [3.8, 4) is 0 Å². The highest BCUT2D eigenvalue weighted by molar-refractivity contribution is 9.10. The van der Waals surface area contributed by atoms with Gasteiger partial charge >= 0.3 is 6.03 Å². The van der Waals surface area contributed by atoms with Gasteiger partial charge in [0.25, 0.3) is 0 Å². The number of carbonyl (C=O) groups excluding carboxylic acids is 1. The van der Waals surface area contributed by atoms with Gasteiger partial charge in [0.05, 0.1) is 6.61 Å². The van der Waals surface area contributed by atoms with Crippen LogP contribution in [-0.4, -0.2) is 23.8 Å². The first-order valence-electron chi connectivity index (χ1n) is 6.90. The van der Waals surface area contributed by atoms with E-state index in [0.29, 0.717) is 0 Å². The minimum absolute atomic E-state index is 0.0277. The molecule has 0 aliphatic heterocycles. The molecule has 4 nitrogen and oxygen atoms in total. The lowest BCUT2D eigenvalue weighted by Gasteiger charge is -2.30. The smallest absolute Gasteiger partial charge is 0.319 e. The molecule has 1 aliphatic rings. The highest BCUT2D eigenvalue weighted by Gasteiger charge is 2.39. The van der Waals surface area contributed by atoms with Crippen molar-refractivity contribution >= 4 is 27.6 Å². The minimum atomic E-state index is -0.210. The first-order chi connectivity index (χ1) is 9.46. The van der Waals surface area contributed by atoms with Gasteiger partial charge in [-0.15, -0.1) is 0 Å². The van der Waals surface area contributed by atoms with Crippen LogP contribution in [0.25, 0.3) is 0 Å². The molecule has 2 atom stereocenters. The Morgan fingerprint density at radius 3 is 3.00 bits per heavy atom. The normalized spacial score (nSPS) is 25.5. The highest BCUT2D eigenvalue weighted by Crippen LogP contribution is 2.37. The number of carbonyl (C=O) groups is 1. The molecular weight excluding hydrogens is 320 g/mol. The molecule has 2 rings (SSSR count). The first-order valence-corrected chi connectivity index (χ1v) is 7.69. The number of urea groups is 1. The number of anilines is 1. The molecule has 0 heterocycles. The molecule has 1 aromatic carbocycles. The van der Waals surface area contributed by atoms with Gasteiger partial charge < -0.3 is 15.7 Å². The molecule has 2 amide bonds. The van der Waals surface area contributed by atoms with E-state index in [-0.39, 0.29) is 24.1 Å². The molecule has 20 heavy (non-hydrogen) atoms. The van der Waals surface area contributed by atoms with Crippen molar-refractivity contribution in [3.63, 3.8) is 0 Å². The van der Waals surface area contributed by atoms with Crippen LogP contribution in [0.1, 0.15) is 31.7 Å². The maximum absolute atomic E-state index is 12.1. The second-order valence-corrected chi connectivity index (χ2v) is 6.62. The summed E-state index contributed by atoms with van der Waals surface area (Å²) in [6.45, 7) is 4.08. The molecule has 0 spiro atoms. The number of aliphatic hydroxyl groups is 1. The molecule has 0 aromatic heterocycles. The van der Waals surface area contributed by atoms with E-state index >= 15 is 0 Å². The molecule has 2 unspecified atom stereocenters. The van der Waals surface area contributed by atoms with Crippen LogP contribution in [0.5, 0.6) is 0 Å². The Hall–Kier alpha value is -1.07. The number of amides is 2. The lowest BCUT2D eigenvalue weighted by atomic mass is 9.86. The summed E-state index contributed by atoms with van der Waals surface area (Å²) in [6, 6.07) is 5.52. The predicted octanol–water partition coefficient (Wildman–Crippen LogP) is 3.43. The van der Waals surface area contributed by atoms with E-state index in [4.69, 9.17) is 0 Å². The van der Waals surface area contributed by atoms with Crippen molar-refractivity contribution in [2.24, 2.45) is 5.41 Å². The Bertz CT molecular complexity index is 507. The Kier molecular flexibility index (Phi) is 4.70. The van der Waals surface area contributed by atoms with E-state index in [1.807, 2.05) is 32.0 Å². The lowest BCUT2D eigenvalue weighted by Crippen LogP contribution is -2.46. The van der Waals surface area contributed by atoms with Crippen molar-refractivity contribution < 1.29 is 9.90 Å². The van der Waals surface area contributed by atoms with E-state index in [1.165, 1.54) is 0 Å². The summed E-state index contributed by atoms with van der Waals surface area (Å²) in [4.78, 5) is 12.1. The predicted molar refractivity (Wildman–Crippen MR) is 83.9 cm³/mol. The SMILES string of the molecule is Cc1c(Br)cccc1NC(=O)NC1CCCC1(C)CO. The number of hydrogen-bond donors (Lipinski definition) is 3. The third kappa shape index (κ3) is 3.15. The molecule has 3 N–H and O–H groups in total. The molecule has 1 aromatic rings. The summed E-state index contributed by atoms with van der Waals surface area (Å²) in [5, 5.41) is 15.4. The first kappa shape index (κ1) is 15.3. The molecule has 0 radical (unpaired) electrons. The lowest BCUT2D eigenvalue weighted by molar-refractivity contribution is 0.122. The molecule has 1 fully saturated rings. The van der Waals surface area contributed by atoms with Gasteiger partial charge in [0, 0.05) is 21.6 Å². The van der Waals surface area contributed by atoms with Gasteiger partial charge in [0.1, 0.15) is 0 Å².